The molecule has 1 saturated carbocycles. The molecule has 1 aliphatic carbocycles. The quantitative estimate of drug-likeness (QED) is 0.456. The molecule has 0 aliphatic heterocycles. The Morgan fingerprint density at radius 3 is 2.73 bits per heavy atom. The van der Waals surface area contributed by atoms with Crippen molar-refractivity contribution in [2.45, 2.75) is 38.5 Å². The molecule has 0 heterocycles. The minimum absolute atomic E-state index is 1.18. The summed E-state index contributed by atoms with van der Waals surface area (Å²) in [6.07, 6.45) is 10.6. The van der Waals surface area contributed by atoms with Gasteiger partial charge in [-0.05, 0) is 45.7 Å². The van der Waals surface area contributed by atoms with Gasteiger partial charge < -0.3 is 5.32 Å². The number of hydrogen-bond donors (Lipinski definition) is 1. The maximum Gasteiger partial charge on any atom is -0.00519 e. The lowest BCUT2D eigenvalue weighted by molar-refractivity contribution is 0.647. The van der Waals surface area contributed by atoms with Gasteiger partial charge in [-0.25, -0.2) is 0 Å². The van der Waals surface area contributed by atoms with Crippen LogP contribution in [0.4, 0.5) is 0 Å². The molecular weight excluding hydrogens is 134 g/mol. The van der Waals surface area contributed by atoms with Crippen LogP contribution in [-0.2, 0) is 0 Å². The fourth-order valence-electron chi connectivity index (χ4n) is 1.21. The van der Waals surface area contributed by atoms with Crippen LogP contribution in [0.1, 0.15) is 38.5 Å². The molecule has 0 unspecified atom stereocenters. The van der Waals surface area contributed by atoms with Crippen LogP contribution in [0.5, 0.6) is 0 Å². The van der Waals surface area contributed by atoms with Crippen molar-refractivity contribution in [3.8, 4) is 0 Å². The molecule has 0 amide bonds. The van der Waals surface area contributed by atoms with Gasteiger partial charge in [0.25, 0.3) is 0 Å². The minimum Gasteiger partial charge on any atom is -0.320 e. The Morgan fingerprint density at radius 2 is 2.09 bits per heavy atom. The molecule has 1 rings (SSSR count). The van der Waals surface area contributed by atoms with Crippen LogP contribution >= 0.6 is 0 Å². The summed E-state index contributed by atoms with van der Waals surface area (Å²) >= 11 is 0. The van der Waals surface area contributed by atoms with Crippen molar-refractivity contribution in [3.05, 3.63) is 11.6 Å². The highest BCUT2D eigenvalue weighted by atomic mass is 14.8. The van der Waals surface area contributed by atoms with Crippen molar-refractivity contribution >= 4 is 0 Å². The Morgan fingerprint density at radius 1 is 1.27 bits per heavy atom. The highest BCUT2D eigenvalue weighted by Crippen LogP contribution is 2.28. The van der Waals surface area contributed by atoms with Gasteiger partial charge in [0.2, 0.25) is 0 Å². The fraction of sp³-hybridized carbons (Fsp3) is 0.800. The Kier molecular flexibility index (Phi) is 4.29. The Hall–Kier alpha value is -0.300. The van der Waals surface area contributed by atoms with Crippen LogP contribution < -0.4 is 5.32 Å². The third kappa shape index (κ3) is 5.02. The van der Waals surface area contributed by atoms with Gasteiger partial charge in [0.05, 0.1) is 0 Å². The predicted molar refractivity (Wildman–Crippen MR) is 49.7 cm³/mol. The second kappa shape index (κ2) is 5.36. The predicted octanol–water partition coefficient (Wildman–Crippen LogP) is 2.49. The summed E-state index contributed by atoms with van der Waals surface area (Å²) in [6.45, 7) is 1.18. The molecular formula is C10H19N. The number of hydrogen-bond acceptors (Lipinski definition) is 1. The van der Waals surface area contributed by atoms with Gasteiger partial charge in [-0.1, -0.05) is 18.1 Å². The van der Waals surface area contributed by atoms with E-state index in [9.17, 15) is 0 Å². The van der Waals surface area contributed by atoms with Gasteiger partial charge in [0, 0.05) is 0 Å². The zero-order valence-electron chi connectivity index (χ0n) is 7.53. The molecule has 0 atom stereocenters. The first kappa shape index (κ1) is 8.79. The SMILES string of the molecule is CNCCCCCC=C1CC1. The summed E-state index contributed by atoms with van der Waals surface area (Å²) in [5.41, 5.74) is 1.69. The normalized spacial score (nSPS) is 15.2. The van der Waals surface area contributed by atoms with E-state index in [1.807, 2.05) is 7.05 Å². The molecule has 1 heteroatoms. The van der Waals surface area contributed by atoms with Crippen molar-refractivity contribution in [1.82, 2.24) is 5.32 Å². The van der Waals surface area contributed by atoms with Crippen molar-refractivity contribution in [2.75, 3.05) is 13.6 Å². The van der Waals surface area contributed by atoms with E-state index in [1.54, 1.807) is 5.57 Å². The number of rotatable bonds is 6. The smallest absolute Gasteiger partial charge is 0.00519 e. The Labute approximate surface area is 69.9 Å². The van der Waals surface area contributed by atoms with Crippen LogP contribution in [0.2, 0.25) is 0 Å². The Bertz CT molecular complexity index is 121. The lowest BCUT2D eigenvalue weighted by Crippen LogP contribution is -2.06. The zero-order valence-corrected chi connectivity index (χ0v) is 7.53. The minimum atomic E-state index is 1.18. The first-order chi connectivity index (χ1) is 5.43. The Balaban J connectivity index is 1.77. The fourth-order valence-corrected chi connectivity index (χ4v) is 1.21. The van der Waals surface area contributed by atoms with E-state index in [0.717, 1.165) is 0 Å². The monoisotopic (exact) mass is 153 g/mol. The molecule has 0 aromatic heterocycles. The molecule has 11 heavy (non-hydrogen) atoms. The summed E-state index contributed by atoms with van der Waals surface area (Å²) in [5.74, 6) is 0. The van der Waals surface area contributed by atoms with E-state index in [1.165, 1.54) is 45.1 Å². The standard InChI is InChI=1S/C10H19N/c1-11-9-5-3-2-4-6-10-7-8-10/h6,11H,2-5,7-9H2,1H3. The second-order valence-electron chi connectivity index (χ2n) is 3.32. The third-order valence-corrected chi connectivity index (χ3v) is 2.10. The van der Waals surface area contributed by atoms with E-state index >= 15 is 0 Å². The summed E-state index contributed by atoms with van der Waals surface area (Å²) in [7, 11) is 2.02. The summed E-state index contributed by atoms with van der Waals surface area (Å²) in [4.78, 5) is 0. The largest absolute Gasteiger partial charge is 0.320 e. The number of allylic oxidation sites excluding steroid dienone is 2. The molecule has 1 fully saturated rings. The summed E-state index contributed by atoms with van der Waals surface area (Å²) < 4.78 is 0. The van der Waals surface area contributed by atoms with Crippen LogP contribution in [0.3, 0.4) is 0 Å². The average molecular weight is 153 g/mol. The van der Waals surface area contributed by atoms with Crippen LogP contribution in [0.15, 0.2) is 11.6 Å². The van der Waals surface area contributed by atoms with Gasteiger partial charge in [-0.2, -0.15) is 0 Å². The van der Waals surface area contributed by atoms with E-state index < -0.39 is 0 Å². The van der Waals surface area contributed by atoms with E-state index in [-0.39, 0.29) is 0 Å². The van der Waals surface area contributed by atoms with Crippen molar-refractivity contribution in [1.29, 1.82) is 0 Å². The maximum absolute atomic E-state index is 3.16. The van der Waals surface area contributed by atoms with Crippen LogP contribution in [0, 0.1) is 0 Å². The van der Waals surface area contributed by atoms with Gasteiger partial charge in [-0.15, -0.1) is 0 Å². The van der Waals surface area contributed by atoms with Gasteiger partial charge in [-0.3, -0.25) is 0 Å². The first-order valence-electron chi connectivity index (χ1n) is 4.76. The lowest BCUT2D eigenvalue weighted by atomic mass is 10.2. The topological polar surface area (TPSA) is 12.0 Å². The zero-order chi connectivity index (χ0) is 7.94. The van der Waals surface area contributed by atoms with Gasteiger partial charge in [0.15, 0.2) is 0 Å². The van der Waals surface area contributed by atoms with Gasteiger partial charge >= 0.3 is 0 Å². The average Bonchev–Trinajstić information content (AvgIpc) is 2.80. The molecule has 1 nitrogen and oxygen atoms in total. The molecule has 0 bridgehead atoms. The number of nitrogens with one attached hydrogen (secondary N) is 1. The second-order valence-corrected chi connectivity index (χ2v) is 3.32. The van der Waals surface area contributed by atoms with Crippen LogP contribution in [0.25, 0.3) is 0 Å². The van der Waals surface area contributed by atoms with E-state index in [2.05, 4.69) is 11.4 Å². The highest BCUT2D eigenvalue weighted by Gasteiger charge is 2.08. The van der Waals surface area contributed by atoms with Gasteiger partial charge in [0.1, 0.15) is 0 Å². The molecule has 0 aromatic rings. The molecule has 1 N–H and O–H groups in total. The summed E-state index contributed by atoms with van der Waals surface area (Å²) in [6, 6.07) is 0. The lowest BCUT2D eigenvalue weighted by Gasteiger charge is -1.96. The van der Waals surface area contributed by atoms with Crippen molar-refractivity contribution < 1.29 is 0 Å². The molecule has 1 aliphatic rings. The first-order valence-corrected chi connectivity index (χ1v) is 4.76. The van der Waals surface area contributed by atoms with Crippen LogP contribution in [-0.4, -0.2) is 13.6 Å². The molecule has 0 spiro atoms. The number of unbranched alkanes of at least 4 members (excludes halogenated alkanes) is 3. The van der Waals surface area contributed by atoms with E-state index in [0.29, 0.717) is 0 Å². The van der Waals surface area contributed by atoms with Crippen molar-refractivity contribution in [2.24, 2.45) is 0 Å². The van der Waals surface area contributed by atoms with E-state index in [4.69, 9.17) is 0 Å². The van der Waals surface area contributed by atoms with Crippen molar-refractivity contribution in [3.63, 3.8) is 0 Å². The summed E-state index contributed by atoms with van der Waals surface area (Å²) in [5, 5.41) is 3.16. The maximum atomic E-state index is 3.16. The third-order valence-electron chi connectivity index (χ3n) is 2.10. The molecule has 0 saturated heterocycles. The molecule has 64 valence electrons. The molecule has 0 radical (unpaired) electrons. The molecule has 0 aromatic carbocycles. The highest BCUT2D eigenvalue weighted by molar-refractivity contribution is 5.15.